The monoisotopic (exact) mass is 426 g/mol. The molecule has 1 aliphatic rings. The molecule has 1 amide bonds. The van der Waals surface area contributed by atoms with Crippen LogP contribution in [0.25, 0.3) is 6.08 Å². The molecule has 0 N–H and O–H groups in total. The van der Waals surface area contributed by atoms with Crippen LogP contribution in [0.4, 0.5) is 5.69 Å². The molecule has 3 aromatic rings. The third-order valence-corrected chi connectivity index (χ3v) is 4.94. The van der Waals surface area contributed by atoms with Gasteiger partial charge in [-0.15, -0.1) is 0 Å². The van der Waals surface area contributed by atoms with Crippen LogP contribution in [0.2, 0.25) is 0 Å². The first-order valence-corrected chi connectivity index (χ1v) is 10.2. The number of anilines is 1. The summed E-state index contributed by atoms with van der Waals surface area (Å²) in [5.41, 5.74) is 3.29. The molecule has 0 bridgehead atoms. The number of benzene rings is 3. The molecule has 0 radical (unpaired) electrons. The lowest BCUT2D eigenvalue weighted by Gasteiger charge is -2.11. The molecule has 0 aliphatic carbocycles. The van der Waals surface area contributed by atoms with E-state index >= 15 is 0 Å². The van der Waals surface area contributed by atoms with Crippen molar-refractivity contribution in [2.24, 2.45) is 5.10 Å². The fraction of sp³-hybridized carbons (Fsp3) is 0.115. The van der Waals surface area contributed by atoms with E-state index in [1.165, 1.54) is 12.1 Å². The number of hydrogen-bond acceptors (Lipinski definition) is 5. The molecule has 1 heterocycles. The number of rotatable bonds is 6. The van der Waals surface area contributed by atoms with Gasteiger partial charge in [0.15, 0.2) is 11.5 Å². The predicted molar refractivity (Wildman–Crippen MR) is 124 cm³/mol. The van der Waals surface area contributed by atoms with Crippen molar-refractivity contribution < 1.29 is 19.1 Å². The molecule has 0 saturated heterocycles. The van der Waals surface area contributed by atoms with Crippen molar-refractivity contribution in [2.75, 3.05) is 12.1 Å². The Hall–Kier alpha value is -4.19. The molecule has 0 fully saturated rings. The lowest BCUT2D eigenvalue weighted by Crippen LogP contribution is -2.21. The van der Waals surface area contributed by atoms with Gasteiger partial charge in [-0.1, -0.05) is 61.5 Å². The minimum Gasteiger partial charge on any atom is -0.493 e. The Labute approximate surface area is 186 Å². The standard InChI is InChI=1S/C26H22N2O4/c1-3-24(29)32-22-15-14-18(17-23(22)31-2)16-21-25(19-10-6-4-7-11-19)27-28(26(21)30)20-12-8-5-9-13-20/h4-17H,3H2,1-2H3/b21-16-. The number of ether oxygens (including phenoxy) is 2. The van der Waals surface area contributed by atoms with E-state index in [2.05, 4.69) is 5.10 Å². The van der Waals surface area contributed by atoms with E-state index in [4.69, 9.17) is 9.47 Å². The van der Waals surface area contributed by atoms with Gasteiger partial charge in [-0.05, 0) is 35.9 Å². The van der Waals surface area contributed by atoms with Crippen molar-refractivity contribution >= 4 is 29.4 Å². The van der Waals surface area contributed by atoms with E-state index in [1.807, 2.05) is 60.7 Å². The van der Waals surface area contributed by atoms with Gasteiger partial charge in [0.1, 0.15) is 5.71 Å². The number of hydrazone groups is 1. The van der Waals surface area contributed by atoms with Gasteiger partial charge < -0.3 is 9.47 Å². The van der Waals surface area contributed by atoms with E-state index in [0.717, 1.165) is 11.1 Å². The smallest absolute Gasteiger partial charge is 0.311 e. The Morgan fingerprint density at radius 2 is 1.66 bits per heavy atom. The minimum absolute atomic E-state index is 0.226. The van der Waals surface area contributed by atoms with Crippen molar-refractivity contribution in [3.05, 3.63) is 95.6 Å². The Kier molecular flexibility index (Phi) is 6.12. The van der Waals surface area contributed by atoms with E-state index in [9.17, 15) is 9.59 Å². The van der Waals surface area contributed by atoms with Gasteiger partial charge in [-0.3, -0.25) is 9.59 Å². The van der Waals surface area contributed by atoms with Crippen LogP contribution in [-0.4, -0.2) is 24.7 Å². The molecule has 160 valence electrons. The fourth-order valence-corrected chi connectivity index (χ4v) is 3.32. The van der Waals surface area contributed by atoms with Crippen LogP contribution in [-0.2, 0) is 9.59 Å². The molecule has 0 unspecified atom stereocenters. The number of carbonyl (C=O) groups excluding carboxylic acids is 2. The second-order valence-electron chi connectivity index (χ2n) is 7.06. The first kappa shape index (κ1) is 21.1. The third-order valence-electron chi connectivity index (χ3n) is 4.94. The van der Waals surface area contributed by atoms with Crippen LogP contribution in [0.3, 0.4) is 0 Å². The molecular formula is C26H22N2O4. The lowest BCUT2D eigenvalue weighted by atomic mass is 10.00. The molecule has 0 aromatic heterocycles. The summed E-state index contributed by atoms with van der Waals surface area (Å²) in [5.74, 6) is 0.166. The summed E-state index contributed by atoms with van der Waals surface area (Å²) in [6.45, 7) is 1.72. The van der Waals surface area contributed by atoms with Crippen molar-refractivity contribution in [1.82, 2.24) is 0 Å². The quantitative estimate of drug-likeness (QED) is 0.321. The van der Waals surface area contributed by atoms with E-state index in [1.54, 1.807) is 31.2 Å². The highest BCUT2D eigenvalue weighted by molar-refractivity contribution is 6.37. The first-order chi connectivity index (χ1) is 15.6. The normalized spacial score (nSPS) is 14.4. The van der Waals surface area contributed by atoms with Crippen molar-refractivity contribution in [2.45, 2.75) is 13.3 Å². The minimum atomic E-state index is -0.350. The zero-order valence-corrected chi connectivity index (χ0v) is 17.8. The Bertz CT molecular complexity index is 1200. The van der Waals surface area contributed by atoms with Crippen LogP contribution in [0.5, 0.6) is 11.5 Å². The maximum atomic E-state index is 13.3. The average molecular weight is 426 g/mol. The lowest BCUT2D eigenvalue weighted by molar-refractivity contribution is -0.134. The second kappa shape index (κ2) is 9.31. The van der Waals surface area contributed by atoms with E-state index < -0.39 is 0 Å². The summed E-state index contributed by atoms with van der Waals surface area (Å²) >= 11 is 0. The predicted octanol–water partition coefficient (Wildman–Crippen LogP) is 4.85. The van der Waals surface area contributed by atoms with Gasteiger partial charge in [-0.25, -0.2) is 0 Å². The van der Waals surface area contributed by atoms with Gasteiger partial charge >= 0.3 is 5.97 Å². The van der Waals surface area contributed by atoms with Crippen LogP contribution < -0.4 is 14.5 Å². The van der Waals surface area contributed by atoms with Gasteiger partial charge in [0.2, 0.25) is 0 Å². The highest BCUT2D eigenvalue weighted by atomic mass is 16.6. The number of hydrogen-bond donors (Lipinski definition) is 0. The molecule has 6 nitrogen and oxygen atoms in total. The fourth-order valence-electron chi connectivity index (χ4n) is 3.32. The summed E-state index contributed by atoms with van der Waals surface area (Å²) < 4.78 is 10.7. The maximum Gasteiger partial charge on any atom is 0.311 e. The number of nitrogens with zero attached hydrogens (tertiary/aromatic N) is 2. The Morgan fingerprint density at radius 1 is 0.969 bits per heavy atom. The number of amides is 1. The van der Waals surface area contributed by atoms with Crippen LogP contribution in [0.15, 0.2) is 89.5 Å². The second-order valence-corrected chi connectivity index (χ2v) is 7.06. The molecule has 0 atom stereocenters. The maximum absolute atomic E-state index is 13.3. The summed E-state index contributed by atoms with van der Waals surface area (Å²) in [4.78, 5) is 25.0. The molecule has 6 heteroatoms. The summed E-state index contributed by atoms with van der Waals surface area (Å²) in [6, 6.07) is 24.0. The molecule has 4 rings (SSSR count). The van der Waals surface area contributed by atoms with Crippen molar-refractivity contribution in [3.8, 4) is 11.5 Å². The van der Waals surface area contributed by atoms with Crippen LogP contribution >= 0.6 is 0 Å². The number of methoxy groups -OCH3 is 1. The molecule has 0 saturated carbocycles. The average Bonchev–Trinajstić information content (AvgIpc) is 3.16. The highest BCUT2D eigenvalue weighted by Gasteiger charge is 2.32. The molecule has 32 heavy (non-hydrogen) atoms. The topological polar surface area (TPSA) is 68.2 Å². The van der Waals surface area contributed by atoms with Gasteiger partial charge in [0.05, 0.1) is 18.4 Å². The first-order valence-electron chi connectivity index (χ1n) is 10.2. The molecule has 3 aromatic carbocycles. The highest BCUT2D eigenvalue weighted by Crippen LogP contribution is 2.32. The van der Waals surface area contributed by atoms with Crippen molar-refractivity contribution in [1.29, 1.82) is 0 Å². The van der Waals surface area contributed by atoms with E-state index in [-0.39, 0.29) is 18.3 Å². The zero-order chi connectivity index (χ0) is 22.5. The van der Waals surface area contributed by atoms with Crippen LogP contribution in [0, 0.1) is 0 Å². The SMILES string of the molecule is CCC(=O)Oc1ccc(/C=C2\C(=O)N(c3ccccc3)N=C2c2ccccc2)cc1OC. The number of para-hydroxylation sites is 1. The molecule has 0 spiro atoms. The molecule has 1 aliphatic heterocycles. The number of esters is 1. The van der Waals surface area contributed by atoms with Gasteiger partial charge in [0.25, 0.3) is 5.91 Å². The number of carbonyl (C=O) groups is 2. The van der Waals surface area contributed by atoms with Gasteiger partial charge in [-0.2, -0.15) is 10.1 Å². The van der Waals surface area contributed by atoms with Gasteiger partial charge in [0, 0.05) is 12.0 Å². The largest absolute Gasteiger partial charge is 0.493 e. The third kappa shape index (κ3) is 4.30. The molecular weight excluding hydrogens is 404 g/mol. The van der Waals surface area contributed by atoms with E-state index in [0.29, 0.717) is 28.5 Å². The summed E-state index contributed by atoms with van der Waals surface area (Å²) in [7, 11) is 1.50. The van der Waals surface area contributed by atoms with Crippen LogP contribution in [0.1, 0.15) is 24.5 Å². The van der Waals surface area contributed by atoms with Crippen molar-refractivity contribution in [3.63, 3.8) is 0 Å². The Balaban J connectivity index is 1.76. The summed E-state index contributed by atoms with van der Waals surface area (Å²) in [6.07, 6.45) is 2.03. The zero-order valence-electron chi connectivity index (χ0n) is 17.8. The summed E-state index contributed by atoms with van der Waals surface area (Å²) in [5, 5.41) is 6.03. The Morgan fingerprint density at radius 3 is 2.31 bits per heavy atom.